The summed E-state index contributed by atoms with van der Waals surface area (Å²) < 4.78 is 5.61. The summed E-state index contributed by atoms with van der Waals surface area (Å²) in [6.07, 6.45) is 7.03. The summed E-state index contributed by atoms with van der Waals surface area (Å²) in [5, 5.41) is 0.986. The summed E-state index contributed by atoms with van der Waals surface area (Å²) in [6, 6.07) is 2.03. The Morgan fingerprint density at radius 3 is 2.88 bits per heavy atom. The highest BCUT2D eigenvalue weighted by Gasteiger charge is 2.01. The van der Waals surface area contributed by atoms with E-state index in [0.717, 1.165) is 23.1 Å². The van der Waals surface area contributed by atoms with Gasteiger partial charge in [-0.25, -0.2) is 0 Å². The number of ether oxygens (including phenoxy) is 1. The average molecular weight is 284 g/mol. The molecule has 1 heterocycles. The van der Waals surface area contributed by atoms with Gasteiger partial charge in [0.15, 0.2) is 0 Å². The quantitative estimate of drug-likeness (QED) is 0.761. The first-order valence-electron chi connectivity index (χ1n) is 5.48. The molecule has 2 nitrogen and oxygen atoms in total. The van der Waals surface area contributed by atoms with Crippen LogP contribution in [0.3, 0.4) is 0 Å². The third kappa shape index (κ3) is 4.35. The van der Waals surface area contributed by atoms with Gasteiger partial charge in [0.25, 0.3) is 0 Å². The summed E-state index contributed by atoms with van der Waals surface area (Å²) in [7, 11) is 0. The Kier molecular flexibility index (Phi) is 5.53. The lowest BCUT2D eigenvalue weighted by Gasteiger charge is -2.10. The molecule has 0 amide bonds. The molecule has 1 rings (SSSR count). The summed E-state index contributed by atoms with van der Waals surface area (Å²) >= 11 is 3.41. The number of halogens is 1. The van der Waals surface area contributed by atoms with E-state index in [0.29, 0.717) is 0 Å². The molecule has 0 aliphatic carbocycles. The lowest BCUT2D eigenvalue weighted by Crippen LogP contribution is -2.05. The van der Waals surface area contributed by atoms with Crippen molar-refractivity contribution in [1.29, 1.82) is 0 Å². The van der Waals surface area contributed by atoms with Crippen LogP contribution in [-0.2, 0) is 0 Å². The highest BCUT2D eigenvalue weighted by molar-refractivity contribution is 9.09. The molecule has 0 aliphatic heterocycles. The van der Waals surface area contributed by atoms with Crippen LogP contribution < -0.4 is 4.74 Å². The van der Waals surface area contributed by atoms with Gasteiger partial charge < -0.3 is 4.74 Å². The minimum absolute atomic E-state index is 0.184. The highest BCUT2D eigenvalue weighted by atomic mass is 79.9. The third-order valence-electron chi connectivity index (χ3n) is 2.10. The molecule has 16 heavy (non-hydrogen) atoms. The molecule has 88 valence electrons. The van der Waals surface area contributed by atoms with Gasteiger partial charge in [-0.15, -0.1) is 0 Å². The Balaban J connectivity index is 2.81. The van der Waals surface area contributed by atoms with Crippen LogP contribution >= 0.6 is 15.9 Å². The first-order chi connectivity index (χ1) is 7.63. The number of alkyl halides is 1. The van der Waals surface area contributed by atoms with E-state index >= 15 is 0 Å². The standard InChI is InChI=1S/C13H18BrNO/c1-10(2)16-13-7-12(8-15-9-13)11(3)5-4-6-14/h5,7-10H,4,6H2,1-3H3/b11-5+. The third-order valence-corrected chi connectivity index (χ3v) is 2.56. The van der Waals surface area contributed by atoms with E-state index in [-0.39, 0.29) is 6.10 Å². The first kappa shape index (κ1) is 13.2. The van der Waals surface area contributed by atoms with E-state index in [1.54, 1.807) is 6.20 Å². The lowest BCUT2D eigenvalue weighted by atomic mass is 10.1. The first-order valence-corrected chi connectivity index (χ1v) is 6.60. The molecular weight excluding hydrogens is 266 g/mol. The molecule has 0 aromatic carbocycles. The summed E-state index contributed by atoms with van der Waals surface area (Å²) in [4.78, 5) is 4.19. The van der Waals surface area contributed by atoms with Crippen molar-refractivity contribution in [3.8, 4) is 5.75 Å². The molecule has 0 radical (unpaired) electrons. The fourth-order valence-electron chi connectivity index (χ4n) is 1.36. The molecule has 0 unspecified atom stereocenters. The van der Waals surface area contributed by atoms with Gasteiger partial charge in [-0.1, -0.05) is 22.0 Å². The molecule has 0 bridgehead atoms. The van der Waals surface area contributed by atoms with Crippen LogP contribution in [0.2, 0.25) is 0 Å². The maximum atomic E-state index is 5.61. The number of pyridine rings is 1. The van der Waals surface area contributed by atoms with Crippen LogP contribution in [0.25, 0.3) is 5.57 Å². The molecule has 0 saturated heterocycles. The zero-order chi connectivity index (χ0) is 12.0. The van der Waals surface area contributed by atoms with Crippen molar-refractivity contribution in [3.05, 3.63) is 30.1 Å². The molecular formula is C13H18BrNO. The number of aromatic nitrogens is 1. The number of hydrogen-bond donors (Lipinski definition) is 0. The van der Waals surface area contributed by atoms with E-state index in [1.807, 2.05) is 26.1 Å². The minimum Gasteiger partial charge on any atom is -0.489 e. The van der Waals surface area contributed by atoms with Gasteiger partial charge in [0.05, 0.1) is 12.3 Å². The second-order valence-corrected chi connectivity index (χ2v) is 4.73. The van der Waals surface area contributed by atoms with Crippen LogP contribution in [0, 0.1) is 0 Å². The van der Waals surface area contributed by atoms with Gasteiger partial charge in [-0.2, -0.15) is 0 Å². The van der Waals surface area contributed by atoms with Crippen molar-refractivity contribution < 1.29 is 4.74 Å². The number of allylic oxidation sites excluding steroid dienone is 2. The molecule has 0 saturated carbocycles. The predicted molar refractivity (Wildman–Crippen MR) is 72.1 cm³/mol. The van der Waals surface area contributed by atoms with Crippen molar-refractivity contribution >= 4 is 21.5 Å². The SMILES string of the molecule is C/C(=C\CCBr)c1cncc(OC(C)C)c1. The molecule has 0 atom stereocenters. The van der Waals surface area contributed by atoms with Gasteiger partial charge in [0.1, 0.15) is 5.75 Å². The van der Waals surface area contributed by atoms with Crippen LogP contribution in [0.5, 0.6) is 5.75 Å². The Morgan fingerprint density at radius 2 is 2.25 bits per heavy atom. The number of hydrogen-bond acceptors (Lipinski definition) is 2. The topological polar surface area (TPSA) is 22.1 Å². The molecule has 1 aromatic rings. The van der Waals surface area contributed by atoms with Gasteiger partial charge in [0.2, 0.25) is 0 Å². The van der Waals surface area contributed by atoms with Crippen LogP contribution in [0.4, 0.5) is 0 Å². The Labute approximate surface area is 106 Å². The smallest absolute Gasteiger partial charge is 0.138 e. The van der Waals surface area contributed by atoms with Crippen molar-refractivity contribution in [1.82, 2.24) is 4.98 Å². The maximum absolute atomic E-state index is 5.61. The van der Waals surface area contributed by atoms with E-state index in [2.05, 4.69) is 33.9 Å². The Morgan fingerprint density at radius 1 is 1.50 bits per heavy atom. The summed E-state index contributed by atoms with van der Waals surface area (Å²) in [6.45, 7) is 6.12. The van der Waals surface area contributed by atoms with Crippen LogP contribution in [0.1, 0.15) is 32.8 Å². The Bertz CT molecular complexity index is 361. The van der Waals surface area contributed by atoms with Crippen molar-refractivity contribution in [2.75, 3.05) is 5.33 Å². The Hall–Kier alpha value is -0.830. The van der Waals surface area contributed by atoms with Gasteiger partial charge in [-0.05, 0) is 44.4 Å². The zero-order valence-electron chi connectivity index (χ0n) is 10.0. The normalized spacial score (nSPS) is 11.9. The van der Waals surface area contributed by atoms with Crippen molar-refractivity contribution in [3.63, 3.8) is 0 Å². The lowest BCUT2D eigenvalue weighted by molar-refractivity contribution is 0.241. The number of nitrogens with zero attached hydrogens (tertiary/aromatic N) is 1. The van der Waals surface area contributed by atoms with Gasteiger partial charge in [0, 0.05) is 11.5 Å². The van der Waals surface area contributed by atoms with Gasteiger partial charge in [-0.3, -0.25) is 4.98 Å². The monoisotopic (exact) mass is 283 g/mol. The molecule has 0 fully saturated rings. The van der Waals surface area contributed by atoms with Crippen LogP contribution in [0.15, 0.2) is 24.5 Å². The predicted octanol–water partition coefficient (Wildman–Crippen LogP) is 4.06. The minimum atomic E-state index is 0.184. The second-order valence-electron chi connectivity index (χ2n) is 3.94. The van der Waals surface area contributed by atoms with E-state index in [1.165, 1.54) is 5.57 Å². The van der Waals surface area contributed by atoms with Crippen molar-refractivity contribution in [2.24, 2.45) is 0 Å². The van der Waals surface area contributed by atoms with E-state index in [9.17, 15) is 0 Å². The zero-order valence-corrected chi connectivity index (χ0v) is 11.6. The molecule has 0 N–H and O–H groups in total. The van der Waals surface area contributed by atoms with Gasteiger partial charge >= 0.3 is 0 Å². The van der Waals surface area contributed by atoms with Crippen LogP contribution in [-0.4, -0.2) is 16.4 Å². The molecule has 1 aromatic heterocycles. The van der Waals surface area contributed by atoms with E-state index in [4.69, 9.17) is 4.74 Å². The van der Waals surface area contributed by atoms with Crippen molar-refractivity contribution in [2.45, 2.75) is 33.3 Å². The molecule has 0 spiro atoms. The fraction of sp³-hybridized carbons (Fsp3) is 0.462. The summed E-state index contributed by atoms with van der Waals surface area (Å²) in [5.74, 6) is 0.832. The second kappa shape index (κ2) is 6.69. The highest BCUT2D eigenvalue weighted by Crippen LogP contribution is 2.19. The average Bonchev–Trinajstić information content (AvgIpc) is 2.25. The summed E-state index contributed by atoms with van der Waals surface area (Å²) in [5.41, 5.74) is 2.36. The van der Waals surface area contributed by atoms with E-state index < -0.39 is 0 Å². The fourth-order valence-corrected chi connectivity index (χ4v) is 1.59. The maximum Gasteiger partial charge on any atom is 0.138 e. The largest absolute Gasteiger partial charge is 0.489 e. The molecule has 3 heteroatoms. The number of rotatable bonds is 5. The molecule has 0 aliphatic rings.